The van der Waals surface area contributed by atoms with E-state index in [0.29, 0.717) is 18.5 Å². The van der Waals surface area contributed by atoms with Gasteiger partial charge < -0.3 is 48.6 Å². The van der Waals surface area contributed by atoms with Crippen molar-refractivity contribution in [1.82, 2.24) is 4.90 Å². The highest BCUT2D eigenvalue weighted by molar-refractivity contribution is 5.89. The second-order valence-corrected chi connectivity index (χ2v) is 14.3. The summed E-state index contributed by atoms with van der Waals surface area (Å²) >= 11 is 0. The van der Waals surface area contributed by atoms with Crippen LogP contribution in [-0.2, 0) is 33.2 Å². The Morgan fingerprint density at radius 1 is 1.00 bits per heavy atom. The summed E-state index contributed by atoms with van der Waals surface area (Å²) in [5.41, 5.74) is -4.79. The van der Waals surface area contributed by atoms with E-state index in [2.05, 4.69) is 4.90 Å². The fourth-order valence-electron chi connectivity index (χ4n) is 12.2. The van der Waals surface area contributed by atoms with Crippen LogP contribution in [-0.4, -0.2) is 135 Å². The van der Waals surface area contributed by atoms with E-state index in [-0.39, 0.29) is 25.0 Å². The van der Waals surface area contributed by atoms with Crippen molar-refractivity contribution in [2.24, 2.45) is 34.5 Å². The fourth-order valence-corrected chi connectivity index (χ4v) is 12.2. The molecule has 12 heteroatoms. The zero-order chi connectivity index (χ0) is 32.3. The molecule has 5 aliphatic carbocycles. The molecule has 1 aliphatic heterocycles. The van der Waals surface area contributed by atoms with E-state index in [0.717, 1.165) is 0 Å². The minimum atomic E-state index is -1.83. The van der Waals surface area contributed by atoms with E-state index >= 15 is 0 Å². The molecule has 6 fully saturated rings. The lowest BCUT2D eigenvalue weighted by molar-refractivity contribution is -0.321. The fraction of sp³-hybridized carbons (Fsp3) is 0.758. The molecule has 1 aromatic carbocycles. The Morgan fingerprint density at radius 2 is 1.71 bits per heavy atom. The Labute approximate surface area is 262 Å². The average Bonchev–Trinajstić information content (AvgIpc) is 3.40. The van der Waals surface area contributed by atoms with Crippen LogP contribution in [0.3, 0.4) is 0 Å². The molecule has 6 aliphatic rings. The summed E-state index contributed by atoms with van der Waals surface area (Å²) in [6.45, 7) is 2.00. The molecule has 0 unspecified atom stereocenters. The molecule has 1 aromatic rings. The maximum atomic E-state index is 13.7. The number of carbonyl (C=O) groups excluding carboxylic acids is 2. The standard InChI is InChI=1S/C33H45NO11/c1-16(35)45-33-21-18(13-31(39,28(43-6)26(33)37)27(21)44-29(38)17-10-8-7-9-11-17)32-20(41-4)12-19(36)30(15-40-3)14-34(2)25(32)22(33)23(42-5)24(30)32/h7-11,18-28,36-37,39H,12-15H2,1-6H3/t18-,19+,20-,21-,22-,23-,24+,25+,26+,27+,28+,30-,31-,32-,33-/m1/s1. The SMILES string of the molecule is COC[C@@]12CN(C)[C@H]3[C@H]4[C@@H](OC)[C@@H]1[C@@]3([C@@H]1C[C@@]3(O)[C@@H](OC(=O)c5ccccc5)[C@@H]1[C@]4(OC(C)=O)[C@@H](O)[C@@H]3OC)[C@H](OC)C[C@@H]2O. The van der Waals surface area contributed by atoms with Crippen molar-refractivity contribution in [3.8, 4) is 0 Å². The first-order valence-electron chi connectivity index (χ1n) is 15.8. The number of carbonyl (C=O) groups is 2. The van der Waals surface area contributed by atoms with E-state index < -0.39 is 88.3 Å². The topological polar surface area (TPSA) is 153 Å². The average molecular weight is 632 g/mol. The number of hydrogen-bond donors (Lipinski definition) is 3. The van der Waals surface area contributed by atoms with Crippen molar-refractivity contribution in [2.75, 3.05) is 48.6 Å². The van der Waals surface area contributed by atoms with Gasteiger partial charge in [0.25, 0.3) is 0 Å². The van der Waals surface area contributed by atoms with Gasteiger partial charge in [-0.15, -0.1) is 0 Å². The number of benzene rings is 1. The van der Waals surface area contributed by atoms with E-state index in [1.54, 1.807) is 51.7 Å². The summed E-state index contributed by atoms with van der Waals surface area (Å²) in [7, 11) is 8.20. The van der Waals surface area contributed by atoms with Gasteiger partial charge in [-0.25, -0.2) is 4.79 Å². The molecule has 248 valence electrons. The third-order valence-corrected chi connectivity index (χ3v) is 12.9. The Balaban J connectivity index is 1.52. The number of fused-ring (bicyclic) bond motifs is 2. The summed E-state index contributed by atoms with van der Waals surface area (Å²) in [5, 5.41) is 37.0. The first-order valence-corrected chi connectivity index (χ1v) is 15.8. The number of likely N-dealkylation sites (tertiary alicyclic amines) is 1. The van der Waals surface area contributed by atoms with Crippen molar-refractivity contribution in [2.45, 2.75) is 73.6 Å². The first kappa shape index (κ1) is 31.4. The Hall–Kier alpha value is -2.16. The molecule has 5 saturated carbocycles. The summed E-state index contributed by atoms with van der Waals surface area (Å²) < 4.78 is 37.2. The molecular weight excluding hydrogens is 586 g/mol. The lowest BCUT2D eigenvalue weighted by Crippen LogP contribution is -2.81. The Bertz CT molecular complexity index is 1350. The molecule has 1 spiro atoms. The van der Waals surface area contributed by atoms with Crippen LogP contribution in [0.5, 0.6) is 0 Å². The van der Waals surface area contributed by atoms with Gasteiger partial charge in [-0.2, -0.15) is 0 Å². The summed E-state index contributed by atoms with van der Waals surface area (Å²) in [5.74, 6) is -3.66. The van der Waals surface area contributed by atoms with Crippen LogP contribution in [0.2, 0.25) is 0 Å². The second-order valence-electron chi connectivity index (χ2n) is 14.3. The number of esters is 2. The zero-order valence-corrected chi connectivity index (χ0v) is 26.6. The molecule has 0 amide bonds. The lowest BCUT2D eigenvalue weighted by Gasteiger charge is -2.70. The Morgan fingerprint density at radius 3 is 2.31 bits per heavy atom. The maximum Gasteiger partial charge on any atom is 0.338 e. The van der Waals surface area contributed by atoms with Gasteiger partial charge in [-0.05, 0) is 31.5 Å². The minimum Gasteiger partial charge on any atom is -0.455 e. The summed E-state index contributed by atoms with van der Waals surface area (Å²) in [6.07, 6.45) is -5.50. The van der Waals surface area contributed by atoms with Gasteiger partial charge in [-0.3, -0.25) is 4.79 Å². The third kappa shape index (κ3) is 3.55. The van der Waals surface area contributed by atoms with Gasteiger partial charge in [0.15, 0.2) is 5.60 Å². The highest BCUT2D eigenvalue weighted by atomic mass is 16.6. The molecule has 0 radical (unpaired) electrons. The smallest absolute Gasteiger partial charge is 0.338 e. The predicted molar refractivity (Wildman–Crippen MR) is 156 cm³/mol. The zero-order valence-electron chi connectivity index (χ0n) is 26.6. The number of rotatable bonds is 8. The predicted octanol–water partition coefficient (Wildman–Crippen LogP) is 0.258. The van der Waals surface area contributed by atoms with Gasteiger partial charge in [-0.1, -0.05) is 18.2 Å². The van der Waals surface area contributed by atoms with E-state index in [1.807, 2.05) is 7.05 Å². The Kier molecular flexibility index (Phi) is 7.28. The highest BCUT2D eigenvalue weighted by Gasteiger charge is 2.92. The number of methoxy groups -OCH3 is 4. The molecule has 15 atom stereocenters. The van der Waals surface area contributed by atoms with Crippen LogP contribution < -0.4 is 0 Å². The normalized spacial score (nSPS) is 50.7. The van der Waals surface area contributed by atoms with E-state index in [1.165, 1.54) is 14.0 Å². The number of nitrogens with zero attached hydrogens (tertiary/aromatic N) is 1. The van der Waals surface area contributed by atoms with Crippen molar-refractivity contribution >= 4 is 11.9 Å². The third-order valence-electron chi connectivity index (χ3n) is 12.9. The number of aliphatic hydroxyl groups is 3. The van der Waals surface area contributed by atoms with E-state index in [4.69, 9.17) is 28.4 Å². The second kappa shape index (κ2) is 10.4. The highest BCUT2D eigenvalue weighted by Crippen LogP contribution is 2.80. The van der Waals surface area contributed by atoms with Gasteiger partial charge in [0, 0.05) is 83.0 Å². The largest absolute Gasteiger partial charge is 0.455 e. The molecule has 7 bridgehead atoms. The van der Waals surface area contributed by atoms with Crippen LogP contribution in [0, 0.1) is 34.5 Å². The number of aliphatic hydroxyl groups excluding tert-OH is 2. The quantitative estimate of drug-likeness (QED) is 0.337. The molecule has 3 N–H and O–H groups in total. The summed E-state index contributed by atoms with van der Waals surface area (Å²) in [4.78, 5) is 29.1. The van der Waals surface area contributed by atoms with E-state index in [9.17, 15) is 24.9 Å². The summed E-state index contributed by atoms with van der Waals surface area (Å²) in [6, 6.07) is 8.15. The number of ether oxygens (including phenoxy) is 6. The molecular formula is C33H45NO11. The monoisotopic (exact) mass is 631 g/mol. The molecule has 45 heavy (non-hydrogen) atoms. The van der Waals surface area contributed by atoms with Crippen LogP contribution >= 0.6 is 0 Å². The molecule has 12 nitrogen and oxygen atoms in total. The van der Waals surface area contributed by atoms with Gasteiger partial charge in [0.1, 0.15) is 23.9 Å². The van der Waals surface area contributed by atoms with Crippen LogP contribution in [0.4, 0.5) is 0 Å². The van der Waals surface area contributed by atoms with Gasteiger partial charge in [0.2, 0.25) is 0 Å². The molecule has 1 saturated heterocycles. The molecule has 7 rings (SSSR count). The van der Waals surface area contributed by atoms with Crippen molar-refractivity contribution in [3.63, 3.8) is 0 Å². The molecule has 0 aromatic heterocycles. The van der Waals surface area contributed by atoms with Gasteiger partial charge >= 0.3 is 11.9 Å². The van der Waals surface area contributed by atoms with Crippen LogP contribution in [0.25, 0.3) is 0 Å². The van der Waals surface area contributed by atoms with Crippen LogP contribution in [0.15, 0.2) is 30.3 Å². The van der Waals surface area contributed by atoms with Crippen molar-refractivity contribution in [3.05, 3.63) is 35.9 Å². The maximum absolute atomic E-state index is 13.7. The van der Waals surface area contributed by atoms with Gasteiger partial charge in [0.05, 0.1) is 30.5 Å². The number of piperidine rings is 1. The van der Waals surface area contributed by atoms with Crippen molar-refractivity contribution < 1.29 is 53.3 Å². The van der Waals surface area contributed by atoms with Crippen molar-refractivity contribution in [1.29, 1.82) is 0 Å². The first-order chi connectivity index (χ1) is 21.4. The lowest BCUT2D eigenvalue weighted by atomic mass is 9.42. The molecule has 1 heterocycles. The van der Waals surface area contributed by atoms with Crippen LogP contribution in [0.1, 0.15) is 30.1 Å². The minimum absolute atomic E-state index is 0.0754. The number of hydrogen-bond acceptors (Lipinski definition) is 12.